The number of fused-ring (bicyclic) bond motifs is 1. The van der Waals surface area contributed by atoms with E-state index >= 15 is 0 Å². The number of pyridine rings is 1. The van der Waals surface area contributed by atoms with Crippen LogP contribution in [0.5, 0.6) is 5.75 Å². The molecule has 1 aromatic rings. The number of ether oxygens (including phenoxy) is 1. The fraction of sp³-hybridized carbons (Fsp3) is 0.500. The average molecular weight is 208 g/mol. The van der Waals surface area contributed by atoms with Crippen LogP contribution in [0.2, 0.25) is 0 Å². The number of anilines is 1. The van der Waals surface area contributed by atoms with Crippen molar-refractivity contribution in [2.45, 2.75) is 29.7 Å². The first kappa shape index (κ1) is 8.41. The average Bonchev–Trinajstić information content (AvgIpc) is 2.15. The predicted octanol–water partition coefficient (Wildman–Crippen LogP) is 2.10. The first-order valence-corrected chi connectivity index (χ1v) is 5.33. The largest absolute Gasteiger partial charge is 0.486 e. The van der Waals surface area contributed by atoms with Crippen LogP contribution in [0.4, 0.5) is 5.82 Å². The summed E-state index contributed by atoms with van der Waals surface area (Å²) in [6.45, 7) is 0.749. The molecule has 1 saturated carbocycles. The van der Waals surface area contributed by atoms with Crippen molar-refractivity contribution >= 4 is 18.4 Å². The molecule has 0 bridgehead atoms. The molecule has 3 rings (SSSR count). The van der Waals surface area contributed by atoms with Gasteiger partial charge >= 0.3 is 0 Å². The standard InChI is InChI=1S/C10H12N2OS/c14-7-2-5-11-9-8(7)13-6-10(12-9)3-1-4-10/h2,5H,1,3-4,6H2,(H2,11,12,14). The summed E-state index contributed by atoms with van der Waals surface area (Å²) in [7, 11) is 0. The zero-order chi connectivity index (χ0) is 9.60. The van der Waals surface area contributed by atoms with Gasteiger partial charge in [0, 0.05) is 6.20 Å². The second-order valence-corrected chi connectivity index (χ2v) is 4.54. The van der Waals surface area contributed by atoms with Crippen LogP contribution >= 0.6 is 12.6 Å². The van der Waals surface area contributed by atoms with Gasteiger partial charge in [0.1, 0.15) is 6.61 Å². The van der Waals surface area contributed by atoms with Crippen LogP contribution in [0.3, 0.4) is 0 Å². The quantitative estimate of drug-likeness (QED) is 0.641. The summed E-state index contributed by atoms with van der Waals surface area (Å²) >= 11 is 4.33. The van der Waals surface area contributed by atoms with Crippen molar-refractivity contribution in [3.8, 4) is 5.75 Å². The van der Waals surface area contributed by atoms with Gasteiger partial charge in [0.2, 0.25) is 0 Å². The van der Waals surface area contributed by atoms with Gasteiger partial charge in [-0.15, -0.1) is 12.6 Å². The Hall–Kier alpha value is -0.900. The Labute approximate surface area is 88.3 Å². The van der Waals surface area contributed by atoms with Gasteiger partial charge in [0.25, 0.3) is 0 Å². The maximum absolute atomic E-state index is 5.71. The second-order valence-electron chi connectivity index (χ2n) is 4.06. The molecular formula is C10H12N2OS. The van der Waals surface area contributed by atoms with Crippen molar-refractivity contribution in [1.29, 1.82) is 0 Å². The second kappa shape index (κ2) is 2.79. The molecule has 0 atom stereocenters. The maximum Gasteiger partial charge on any atom is 0.174 e. The Morgan fingerprint density at radius 2 is 2.36 bits per heavy atom. The molecule has 1 spiro atoms. The van der Waals surface area contributed by atoms with E-state index in [9.17, 15) is 0 Å². The molecule has 0 aromatic carbocycles. The van der Waals surface area contributed by atoms with Crippen molar-refractivity contribution in [1.82, 2.24) is 4.98 Å². The third kappa shape index (κ3) is 1.10. The lowest BCUT2D eigenvalue weighted by Crippen LogP contribution is -2.52. The molecule has 74 valence electrons. The van der Waals surface area contributed by atoms with Crippen LogP contribution < -0.4 is 10.1 Å². The lowest BCUT2D eigenvalue weighted by molar-refractivity contribution is 0.144. The maximum atomic E-state index is 5.71. The van der Waals surface area contributed by atoms with E-state index in [0.717, 1.165) is 23.1 Å². The van der Waals surface area contributed by atoms with Gasteiger partial charge in [-0.2, -0.15) is 0 Å². The Morgan fingerprint density at radius 1 is 1.50 bits per heavy atom. The van der Waals surface area contributed by atoms with Crippen LogP contribution in [0.15, 0.2) is 17.2 Å². The summed E-state index contributed by atoms with van der Waals surface area (Å²) in [5.41, 5.74) is 0.168. The molecule has 1 aromatic heterocycles. The highest BCUT2D eigenvalue weighted by Gasteiger charge is 2.41. The van der Waals surface area contributed by atoms with Crippen LogP contribution in [0, 0.1) is 0 Å². The molecule has 14 heavy (non-hydrogen) atoms. The molecule has 1 aliphatic carbocycles. The molecule has 0 amide bonds. The number of nitrogens with one attached hydrogen (secondary N) is 1. The van der Waals surface area contributed by atoms with Crippen molar-refractivity contribution in [3.63, 3.8) is 0 Å². The van der Waals surface area contributed by atoms with Gasteiger partial charge in [-0.25, -0.2) is 4.98 Å². The molecule has 0 radical (unpaired) electrons. The summed E-state index contributed by atoms with van der Waals surface area (Å²) < 4.78 is 5.71. The first-order chi connectivity index (χ1) is 6.79. The van der Waals surface area contributed by atoms with E-state index in [0.29, 0.717) is 0 Å². The van der Waals surface area contributed by atoms with E-state index in [4.69, 9.17) is 4.74 Å². The predicted molar refractivity (Wildman–Crippen MR) is 57.2 cm³/mol. The Bertz CT molecular complexity index is 376. The number of hydrogen-bond acceptors (Lipinski definition) is 4. The van der Waals surface area contributed by atoms with Crippen molar-refractivity contribution < 1.29 is 4.74 Å². The van der Waals surface area contributed by atoms with Crippen LogP contribution in [-0.2, 0) is 0 Å². The number of thiol groups is 1. The number of hydrogen-bond donors (Lipinski definition) is 2. The van der Waals surface area contributed by atoms with Gasteiger partial charge in [0.15, 0.2) is 11.6 Å². The summed E-state index contributed by atoms with van der Waals surface area (Å²) in [5.74, 6) is 1.65. The molecule has 0 unspecified atom stereocenters. The highest BCUT2D eigenvalue weighted by molar-refractivity contribution is 7.80. The molecule has 1 N–H and O–H groups in total. The Balaban J connectivity index is 1.98. The molecule has 1 aliphatic heterocycles. The van der Waals surface area contributed by atoms with Crippen LogP contribution in [0.25, 0.3) is 0 Å². The SMILES string of the molecule is Sc1ccnc2c1OCC1(CCC1)N2. The Morgan fingerprint density at radius 3 is 3.07 bits per heavy atom. The van der Waals surface area contributed by atoms with Crippen LogP contribution in [-0.4, -0.2) is 17.1 Å². The van der Waals surface area contributed by atoms with E-state index in [1.807, 2.05) is 6.07 Å². The molecule has 4 heteroatoms. The highest BCUT2D eigenvalue weighted by Crippen LogP contribution is 2.43. The third-order valence-electron chi connectivity index (χ3n) is 3.07. The summed E-state index contributed by atoms with van der Waals surface area (Å²) in [4.78, 5) is 5.13. The highest BCUT2D eigenvalue weighted by atomic mass is 32.1. The van der Waals surface area contributed by atoms with E-state index in [2.05, 4.69) is 22.9 Å². The van der Waals surface area contributed by atoms with E-state index in [-0.39, 0.29) is 5.54 Å². The fourth-order valence-corrected chi connectivity index (χ4v) is 2.28. The van der Waals surface area contributed by atoms with Crippen molar-refractivity contribution in [2.24, 2.45) is 0 Å². The van der Waals surface area contributed by atoms with Gasteiger partial charge in [-0.3, -0.25) is 0 Å². The lowest BCUT2D eigenvalue weighted by atomic mass is 9.77. The van der Waals surface area contributed by atoms with E-state index in [1.165, 1.54) is 19.3 Å². The number of aromatic nitrogens is 1. The minimum absolute atomic E-state index is 0.168. The van der Waals surface area contributed by atoms with Crippen molar-refractivity contribution in [3.05, 3.63) is 12.3 Å². The smallest absolute Gasteiger partial charge is 0.174 e. The molecule has 0 saturated heterocycles. The van der Waals surface area contributed by atoms with Gasteiger partial charge in [0.05, 0.1) is 10.4 Å². The Kier molecular flexibility index (Phi) is 1.68. The molecule has 2 heterocycles. The van der Waals surface area contributed by atoms with Gasteiger partial charge in [-0.05, 0) is 25.3 Å². The first-order valence-electron chi connectivity index (χ1n) is 4.88. The number of rotatable bonds is 0. The normalized spacial score (nSPS) is 21.8. The minimum Gasteiger partial charge on any atom is -0.486 e. The third-order valence-corrected chi connectivity index (χ3v) is 3.42. The molecule has 2 aliphatic rings. The van der Waals surface area contributed by atoms with Crippen molar-refractivity contribution in [2.75, 3.05) is 11.9 Å². The summed E-state index contributed by atoms with van der Waals surface area (Å²) in [5, 5.41) is 3.47. The zero-order valence-corrected chi connectivity index (χ0v) is 8.68. The van der Waals surface area contributed by atoms with E-state index < -0.39 is 0 Å². The fourth-order valence-electron chi connectivity index (χ4n) is 2.04. The number of nitrogens with zero attached hydrogens (tertiary/aromatic N) is 1. The lowest BCUT2D eigenvalue weighted by Gasteiger charge is -2.45. The summed E-state index contributed by atoms with van der Waals surface area (Å²) in [6.07, 6.45) is 5.41. The molecule has 1 fully saturated rings. The van der Waals surface area contributed by atoms with Gasteiger partial charge in [-0.1, -0.05) is 0 Å². The molecule has 3 nitrogen and oxygen atoms in total. The van der Waals surface area contributed by atoms with Crippen LogP contribution in [0.1, 0.15) is 19.3 Å². The topological polar surface area (TPSA) is 34.1 Å². The monoisotopic (exact) mass is 208 g/mol. The minimum atomic E-state index is 0.168. The van der Waals surface area contributed by atoms with Gasteiger partial charge < -0.3 is 10.1 Å². The molecular weight excluding hydrogens is 196 g/mol. The van der Waals surface area contributed by atoms with E-state index in [1.54, 1.807) is 6.20 Å². The summed E-state index contributed by atoms with van der Waals surface area (Å²) in [6, 6.07) is 1.85. The zero-order valence-electron chi connectivity index (χ0n) is 7.79.